The summed E-state index contributed by atoms with van der Waals surface area (Å²) in [6.07, 6.45) is 4.25. The van der Waals surface area contributed by atoms with Crippen molar-refractivity contribution in [2.45, 2.75) is 19.9 Å². The Hall–Kier alpha value is -2.13. The van der Waals surface area contributed by atoms with Gasteiger partial charge < -0.3 is 15.4 Å². The molecule has 2 heterocycles. The molecule has 3 rings (SSSR count). The number of halogens is 2. The average molecular weight is 469 g/mol. The molecule has 0 aliphatic carbocycles. The highest BCUT2D eigenvalue weighted by Gasteiger charge is 2.17. The van der Waals surface area contributed by atoms with Gasteiger partial charge in [0, 0.05) is 26.7 Å². The van der Waals surface area contributed by atoms with Crippen molar-refractivity contribution in [3.05, 3.63) is 62.7 Å². The Balaban J connectivity index is 1.68. The van der Waals surface area contributed by atoms with Gasteiger partial charge in [0.2, 0.25) is 0 Å². The number of esters is 1. The van der Waals surface area contributed by atoms with Crippen molar-refractivity contribution in [3.63, 3.8) is 0 Å². The van der Waals surface area contributed by atoms with E-state index in [0.717, 1.165) is 16.9 Å². The van der Waals surface area contributed by atoms with Crippen LogP contribution in [-0.4, -0.2) is 28.0 Å². The minimum atomic E-state index is -0.407. The normalized spacial score (nSPS) is 10.6. The van der Waals surface area contributed by atoms with E-state index in [1.54, 1.807) is 35.3 Å². The van der Waals surface area contributed by atoms with Crippen LogP contribution in [0.15, 0.2) is 36.7 Å². The molecule has 0 aliphatic rings. The molecule has 2 N–H and O–H groups in total. The number of nitrogens with zero attached hydrogens (tertiary/aromatic N) is 2. The van der Waals surface area contributed by atoms with Crippen molar-refractivity contribution in [2.24, 2.45) is 0 Å². The zero-order chi connectivity index (χ0) is 21.0. The summed E-state index contributed by atoms with van der Waals surface area (Å²) < 4.78 is 6.55. The van der Waals surface area contributed by atoms with Crippen LogP contribution >= 0.6 is 46.8 Å². The summed E-state index contributed by atoms with van der Waals surface area (Å²) in [7, 11) is 1.35. The van der Waals surface area contributed by atoms with Crippen LogP contribution in [0.1, 0.15) is 27.7 Å². The number of ether oxygens (including phenoxy) is 1. The highest BCUT2D eigenvalue weighted by molar-refractivity contribution is 7.80. The molecule has 0 amide bonds. The number of methoxy groups -OCH3 is 1. The van der Waals surface area contributed by atoms with Gasteiger partial charge in [0.05, 0.1) is 31.1 Å². The first kappa shape index (κ1) is 21.6. The fourth-order valence-electron chi connectivity index (χ4n) is 2.60. The first-order valence-electron chi connectivity index (χ1n) is 8.65. The molecule has 1 aromatic carbocycles. The predicted molar refractivity (Wildman–Crippen MR) is 123 cm³/mol. The van der Waals surface area contributed by atoms with Crippen molar-refractivity contribution < 1.29 is 9.53 Å². The van der Waals surface area contributed by atoms with Crippen LogP contribution in [0.5, 0.6) is 0 Å². The van der Waals surface area contributed by atoms with Crippen LogP contribution in [-0.2, 0) is 17.7 Å². The van der Waals surface area contributed by atoms with E-state index < -0.39 is 5.97 Å². The summed E-state index contributed by atoms with van der Waals surface area (Å²) in [5.74, 6) is -0.407. The lowest BCUT2D eigenvalue weighted by molar-refractivity contribution is 0.0602. The molecule has 0 atom stereocenters. The Morgan fingerprint density at radius 1 is 1.31 bits per heavy atom. The monoisotopic (exact) mass is 468 g/mol. The summed E-state index contributed by atoms with van der Waals surface area (Å²) in [4.78, 5) is 13.0. The van der Waals surface area contributed by atoms with Gasteiger partial charge >= 0.3 is 5.97 Å². The number of hydrogen-bond donors (Lipinski definition) is 2. The molecule has 0 radical (unpaired) electrons. The maximum absolute atomic E-state index is 12.0. The molecule has 3 aromatic rings. The molecule has 10 heteroatoms. The van der Waals surface area contributed by atoms with Crippen LogP contribution in [0, 0.1) is 0 Å². The number of rotatable bonds is 6. The Bertz CT molecular complexity index is 1030. The second-order valence-electron chi connectivity index (χ2n) is 6.01. The zero-order valence-electron chi connectivity index (χ0n) is 15.7. The number of carbonyl (C=O) groups excluding carboxylic acids is 1. The van der Waals surface area contributed by atoms with E-state index in [0.29, 0.717) is 38.0 Å². The first-order valence-corrected chi connectivity index (χ1v) is 10.6. The van der Waals surface area contributed by atoms with Crippen molar-refractivity contribution >= 4 is 68.5 Å². The third kappa shape index (κ3) is 5.27. The van der Waals surface area contributed by atoms with Crippen LogP contribution in [0.2, 0.25) is 10.0 Å². The molecule has 0 saturated carbocycles. The maximum atomic E-state index is 12.0. The number of carbonyl (C=O) groups is 1. The van der Waals surface area contributed by atoms with Crippen LogP contribution in [0.3, 0.4) is 0 Å². The van der Waals surface area contributed by atoms with E-state index in [-0.39, 0.29) is 0 Å². The molecule has 0 unspecified atom stereocenters. The molecule has 0 fully saturated rings. The average Bonchev–Trinajstić information content (AvgIpc) is 3.30. The van der Waals surface area contributed by atoms with E-state index >= 15 is 0 Å². The number of thiophene rings is 1. The SMILES string of the molecule is CCc1cc(C(=O)OC)c(NC(=S)Nc2cnn(Cc3c(Cl)cccc3Cl)c2)s1. The van der Waals surface area contributed by atoms with Crippen molar-refractivity contribution in [1.29, 1.82) is 0 Å². The van der Waals surface area contributed by atoms with Gasteiger partial charge in [-0.25, -0.2) is 4.79 Å². The molecule has 152 valence electrons. The highest BCUT2D eigenvalue weighted by Crippen LogP contribution is 2.29. The van der Waals surface area contributed by atoms with Crippen LogP contribution < -0.4 is 10.6 Å². The molecular formula is C19H18Cl2N4O2S2. The maximum Gasteiger partial charge on any atom is 0.340 e. The van der Waals surface area contributed by atoms with Crippen molar-refractivity contribution in [1.82, 2.24) is 9.78 Å². The minimum Gasteiger partial charge on any atom is -0.465 e. The standard InChI is InChI=1S/C19H18Cl2N4O2S2/c1-3-12-7-13(18(26)27-2)17(29-12)24-19(28)23-11-8-22-25(9-11)10-14-15(20)5-4-6-16(14)21/h4-9H,3,10H2,1-2H3,(H2,23,24,28). The van der Waals surface area contributed by atoms with Gasteiger partial charge in [0.1, 0.15) is 5.00 Å². The van der Waals surface area contributed by atoms with Gasteiger partial charge in [-0.15, -0.1) is 11.3 Å². The van der Waals surface area contributed by atoms with E-state index in [4.69, 9.17) is 40.2 Å². The van der Waals surface area contributed by atoms with Crippen LogP contribution in [0.25, 0.3) is 0 Å². The first-order chi connectivity index (χ1) is 13.9. The summed E-state index contributed by atoms with van der Waals surface area (Å²) >= 11 is 19.3. The molecular weight excluding hydrogens is 451 g/mol. The fraction of sp³-hybridized carbons (Fsp3) is 0.211. The number of hydrogen-bond acceptors (Lipinski definition) is 5. The molecule has 2 aromatic heterocycles. The molecule has 0 bridgehead atoms. The zero-order valence-corrected chi connectivity index (χ0v) is 18.8. The predicted octanol–water partition coefficient (Wildman–Crippen LogP) is 5.46. The van der Waals surface area contributed by atoms with E-state index in [2.05, 4.69) is 15.7 Å². The van der Waals surface area contributed by atoms with E-state index in [1.807, 2.05) is 13.0 Å². The largest absolute Gasteiger partial charge is 0.465 e. The molecule has 0 spiro atoms. The van der Waals surface area contributed by atoms with Crippen LogP contribution in [0.4, 0.5) is 10.7 Å². The Morgan fingerprint density at radius 3 is 2.69 bits per heavy atom. The lowest BCUT2D eigenvalue weighted by Crippen LogP contribution is -2.19. The third-order valence-electron chi connectivity index (χ3n) is 4.04. The Kier molecular flexibility index (Phi) is 7.13. The number of aryl methyl sites for hydroxylation is 1. The third-order valence-corrected chi connectivity index (χ3v) is 6.14. The summed E-state index contributed by atoms with van der Waals surface area (Å²) in [6.45, 7) is 2.45. The summed E-state index contributed by atoms with van der Waals surface area (Å²) in [5, 5.41) is 12.6. The highest BCUT2D eigenvalue weighted by atomic mass is 35.5. The van der Waals surface area contributed by atoms with Gasteiger partial charge in [-0.2, -0.15) is 5.10 Å². The van der Waals surface area contributed by atoms with Gasteiger partial charge in [0.25, 0.3) is 0 Å². The van der Waals surface area contributed by atoms with Crippen molar-refractivity contribution in [3.8, 4) is 0 Å². The van der Waals surface area contributed by atoms with Gasteiger partial charge in [-0.3, -0.25) is 4.68 Å². The number of benzene rings is 1. The van der Waals surface area contributed by atoms with E-state index in [1.165, 1.54) is 18.4 Å². The van der Waals surface area contributed by atoms with E-state index in [9.17, 15) is 4.79 Å². The fourth-order valence-corrected chi connectivity index (χ4v) is 4.39. The number of nitrogens with one attached hydrogen (secondary N) is 2. The van der Waals surface area contributed by atoms with Crippen molar-refractivity contribution in [2.75, 3.05) is 17.7 Å². The second kappa shape index (κ2) is 9.58. The number of thiocarbonyl (C=S) groups is 1. The topological polar surface area (TPSA) is 68.2 Å². The Morgan fingerprint density at radius 2 is 2.03 bits per heavy atom. The molecule has 0 saturated heterocycles. The van der Waals surface area contributed by atoms with Gasteiger partial charge in [0.15, 0.2) is 5.11 Å². The van der Waals surface area contributed by atoms with Gasteiger partial charge in [-0.1, -0.05) is 36.2 Å². The molecule has 0 aliphatic heterocycles. The lowest BCUT2D eigenvalue weighted by Gasteiger charge is -2.09. The Labute approximate surface area is 187 Å². The quantitative estimate of drug-likeness (QED) is 0.369. The lowest BCUT2D eigenvalue weighted by atomic mass is 10.2. The number of anilines is 2. The molecule has 29 heavy (non-hydrogen) atoms. The van der Waals surface area contributed by atoms with Gasteiger partial charge in [-0.05, 0) is 36.8 Å². The minimum absolute atomic E-state index is 0.343. The summed E-state index contributed by atoms with van der Waals surface area (Å²) in [6, 6.07) is 7.18. The smallest absolute Gasteiger partial charge is 0.340 e. The number of aromatic nitrogens is 2. The summed E-state index contributed by atoms with van der Waals surface area (Å²) in [5.41, 5.74) is 1.94. The second-order valence-corrected chi connectivity index (χ2v) is 8.37. The molecule has 6 nitrogen and oxygen atoms in total.